The first kappa shape index (κ1) is 17.9. The van der Waals surface area contributed by atoms with Gasteiger partial charge in [-0.1, -0.05) is 30.3 Å². The van der Waals surface area contributed by atoms with E-state index in [1.807, 2.05) is 6.92 Å². The summed E-state index contributed by atoms with van der Waals surface area (Å²) in [6.45, 7) is 2.53. The van der Waals surface area contributed by atoms with Crippen LogP contribution < -0.4 is 10.2 Å². The quantitative estimate of drug-likeness (QED) is 0.908. The molecule has 0 atom stereocenters. The van der Waals surface area contributed by atoms with Gasteiger partial charge in [-0.05, 0) is 52.3 Å². The molecule has 0 radical (unpaired) electrons. The second kappa shape index (κ2) is 6.60. The van der Waals surface area contributed by atoms with Crippen molar-refractivity contribution in [2.45, 2.75) is 43.7 Å². The Bertz CT molecular complexity index is 810. The molecule has 4 rings (SSSR count). The van der Waals surface area contributed by atoms with Crippen LogP contribution in [0.4, 0.5) is 10.5 Å². The van der Waals surface area contributed by atoms with Crippen LogP contribution in [0.25, 0.3) is 0 Å². The van der Waals surface area contributed by atoms with Crippen LogP contribution in [0.5, 0.6) is 0 Å². The average molecular weight is 365 g/mol. The van der Waals surface area contributed by atoms with Crippen molar-refractivity contribution < 1.29 is 4.79 Å². The molecule has 0 unspecified atom stereocenters. The Labute approximate surface area is 160 Å². The number of nitrogens with zero attached hydrogens (tertiary/aromatic N) is 4. The number of urea groups is 1. The minimum atomic E-state index is -0.170. The minimum Gasteiger partial charge on any atom is -0.330 e. The Morgan fingerprint density at radius 2 is 1.67 bits per heavy atom. The summed E-state index contributed by atoms with van der Waals surface area (Å²) >= 11 is 0. The van der Waals surface area contributed by atoms with Gasteiger partial charge in [0.05, 0.1) is 30.2 Å². The number of anilines is 1. The maximum Gasteiger partial charge on any atom is 0.322 e. The Balaban J connectivity index is 1.54. The van der Waals surface area contributed by atoms with E-state index in [-0.39, 0.29) is 17.1 Å². The number of hydrogen-bond donors (Lipinski definition) is 1. The summed E-state index contributed by atoms with van der Waals surface area (Å²) in [6, 6.07) is 10.7. The molecule has 27 heavy (non-hydrogen) atoms. The maximum atomic E-state index is 12.6. The topological polar surface area (TPSA) is 61.4 Å². The van der Waals surface area contributed by atoms with Gasteiger partial charge in [-0.2, -0.15) is 0 Å². The number of hydrogen-bond acceptors (Lipinski definition) is 4. The summed E-state index contributed by atoms with van der Waals surface area (Å²) < 4.78 is 0. The van der Waals surface area contributed by atoms with Crippen molar-refractivity contribution in [1.82, 2.24) is 20.2 Å². The first-order chi connectivity index (χ1) is 12.9. The van der Waals surface area contributed by atoms with Crippen LogP contribution >= 0.6 is 0 Å². The van der Waals surface area contributed by atoms with Gasteiger partial charge in [0, 0.05) is 5.54 Å². The van der Waals surface area contributed by atoms with Crippen molar-refractivity contribution in [3.05, 3.63) is 54.1 Å². The summed E-state index contributed by atoms with van der Waals surface area (Å²) in [5, 5.41) is 3.27. The molecule has 2 heterocycles. The van der Waals surface area contributed by atoms with Gasteiger partial charge in [0.25, 0.3) is 0 Å². The van der Waals surface area contributed by atoms with E-state index in [0.29, 0.717) is 12.4 Å². The monoisotopic (exact) mass is 365 g/mol. The maximum absolute atomic E-state index is 12.6. The van der Waals surface area contributed by atoms with Crippen LogP contribution in [-0.4, -0.2) is 47.1 Å². The van der Waals surface area contributed by atoms with Crippen LogP contribution in [0, 0.1) is 6.92 Å². The number of benzene rings is 1. The van der Waals surface area contributed by atoms with Gasteiger partial charge >= 0.3 is 6.03 Å². The molecule has 1 aliphatic carbocycles. The number of carbonyl (C=O) groups excluding carboxylic acids is 1. The number of carbonyl (C=O) groups is 1. The van der Waals surface area contributed by atoms with Crippen LogP contribution in [0.2, 0.25) is 0 Å². The van der Waals surface area contributed by atoms with Crippen molar-refractivity contribution in [3.8, 4) is 0 Å². The molecule has 2 aromatic rings. The van der Waals surface area contributed by atoms with E-state index in [9.17, 15) is 4.79 Å². The van der Waals surface area contributed by atoms with Crippen LogP contribution in [0.1, 0.15) is 37.1 Å². The van der Waals surface area contributed by atoms with E-state index < -0.39 is 0 Å². The Morgan fingerprint density at radius 1 is 1.04 bits per heavy atom. The lowest BCUT2D eigenvalue weighted by Gasteiger charge is -2.48. The molecule has 1 spiro atoms. The lowest BCUT2D eigenvalue weighted by Crippen LogP contribution is -2.54. The first-order valence-electron chi connectivity index (χ1n) is 9.56. The summed E-state index contributed by atoms with van der Waals surface area (Å²) in [5.74, 6) is 0.712. The summed E-state index contributed by atoms with van der Waals surface area (Å²) in [4.78, 5) is 25.3. The van der Waals surface area contributed by atoms with Crippen molar-refractivity contribution in [2.24, 2.45) is 0 Å². The summed E-state index contributed by atoms with van der Waals surface area (Å²) in [5.41, 5.74) is 1.98. The normalized spacial score (nSPS) is 28.0. The highest BCUT2D eigenvalue weighted by Crippen LogP contribution is 2.46. The van der Waals surface area contributed by atoms with Crippen molar-refractivity contribution in [2.75, 3.05) is 25.5 Å². The zero-order valence-electron chi connectivity index (χ0n) is 16.3. The molecule has 1 aromatic carbocycles. The molecule has 2 fully saturated rings. The number of nitrogens with one attached hydrogen (secondary N) is 1. The molecule has 6 nitrogen and oxygen atoms in total. The molecular weight excluding hydrogens is 338 g/mol. The number of aromatic nitrogens is 2. The van der Waals surface area contributed by atoms with Crippen LogP contribution in [0.3, 0.4) is 0 Å². The van der Waals surface area contributed by atoms with Gasteiger partial charge in [-0.3, -0.25) is 9.80 Å². The van der Waals surface area contributed by atoms with E-state index in [0.717, 1.165) is 31.4 Å². The molecule has 1 aromatic heterocycles. The third kappa shape index (κ3) is 3.08. The highest BCUT2D eigenvalue weighted by atomic mass is 16.2. The van der Waals surface area contributed by atoms with E-state index in [1.54, 1.807) is 17.3 Å². The van der Waals surface area contributed by atoms with Crippen LogP contribution in [-0.2, 0) is 5.54 Å². The fourth-order valence-corrected chi connectivity index (χ4v) is 4.61. The summed E-state index contributed by atoms with van der Waals surface area (Å²) in [7, 11) is 4.32. The van der Waals surface area contributed by atoms with Gasteiger partial charge in [-0.25, -0.2) is 14.8 Å². The van der Waals surface area contributed by atoms with Gasteiger partial charge in [0.1, 0.15) is 5.82 Å². The smallest absolute Gasteiger partial charge is 0.322 e. The average Bonchev–Trinajstić information content (AvgIpc) is 3.00. The standard InChI is InChI=1S/C21H27N5O/c1-16-22-13-18(14-23-16)26-15-20(24-19(26)27)9-11-21(12-10-20,25(2)3)17-7-5-4-6-8-17/h4-8,13-14H,9-12,15H2,1-3H3,(H,24,27)/t20-,21+. The fraction of sp³-hybridized carbons (Fsp3) is 0.476. The predicted octanol–water partition coefficient (Wildman–Crippen LogP) is 3.08. The molecule has 1 aliphatic heterocycles. The molecule has 1 saturated carbocycles. The third-order valence-corrected chi connectivity index (χ3v) is 6.36. The zero-order chi connectivity index (χ0) is 19.1. The number of aryl methyl sites for hydroxylation is 1. The van der Waals surface area contributed by atoms with Gasteiger partial charge in [0.15, 0.2) is 0 Å². The highest BCUT2D eigenvalue weighted by Gasteiger charge is 2.50. The van der Waals surface area contributed by atoms with E-state index in [4.69, 9.17) is 0 Å². The lowest BCUT2D eigenvalue weighted by molar-refractivity contribution is 0.0658. The SMILES string of the molecule is Cc1ncc(N2C[C@]3(CC[C@](c4ccccc4)(N(C)C)CC3)NC2=O)cn1. The molecule has 6 heteroatoms. The van der Waals surface area contributed by atoms with E-state index in [2.05, 4.69) is 64.6 Å². The molecule has 2 aliphatic rings. The molecule has 1 saturated heterocycles. The third-order valence-electron chi connectivity index (χ3n) is 6.36. The second-order valence-corrected chi connectivity index (χ2v) is 8.08. The van der Waals surface area contributed by atoms with Gasteiger partial charge in [-0.15, -0.1) is 0 Å². The number of rotatable bonds is 3. The minimum absolute atomic E-state index is 0.0254. The predicted molar refractivity (Wildman–Crippen MR) is 106 cm³/mol. The zero-order valence-corrected chi connectivity index (χ0v) is 16.3. The Kier molecular flexibility index (Phi) is 4.38. The lowest BCUT2D eigenvalue weighted by atomic mass is 9.69. The van der Waals surface area contributed by atoms with Crippen molar-refractivity contribution in [1.29, 1.82) is 0 Å². The molecule has 142 valence electrons. The molecule has 0 bridgehead atoms. The Morgan fingerprint density at radius 3 is 2.26 bits per heavy atom. The van der Waals surface area contributed by atoms with Gasteiger partial charge < -0.3 is 5.32 Å². The fourth-order valence-electron chi connectivity index (χ4n) is 4.61. The van der Waals surface area contributed by atoms with E-state index in [1.165, 1.54) is 5.56 Å². The van der Waals surface area contributed by atoms with Crippen LogP contribution in [0.15, 0.2) is 42.7 Å². The first-order valence-corrected chi connectivity index (χ1v) is 9.56. The molecule has 1 N–H and O–H groups in total. The van der Waals surface area contributed by atoms with Crippen molar-refractivity contribution in [3.63, 3.8) is 0 Å². The van der Waals surface area contributed by atoms with Crippen molar-refractivity contribution >= 4 is 11.7 Å². The van der Waals surface area contributed by atoms with E-state index >= 15 is 0 Å². The molecule has 2 amide bonds. The van der Waals surface area contributed by atoms with Gasteiger partial charge in [0.2, 0.25) is 0 Å². The highest BCUT2D eigenvalue weighted by molar-refractivity contribution is 5.95. The molecular formula is C21H27N5O. The number of amides is 2. The second-order valence-electron chi connectivity index (χ2n) is 8.08. The Hall–Kier alpha value is -2.47. The largest absolute Gasteiger partial charge is 0.330 e. The summed E-state index contributed by atoms with van der Waals surface area (Å²) in [6.07, 6.45) is 7.41.